The van der Waals surface area contributed by atoms with Crippen LogP contribution in [0.2, 0.25) is 0 Å². The minimum Gasteiger partial charge on any atom is -0.395 e. The van der Waals surface area contributed by atoms with E-state index in [1.54, 1.807) is 0 Å². The first-order valence-electron chi connectivity index (χ1n) is 4.62. The Hall–Kier alpha value is -0.0800. The van der Waals surface area contributed by atoms with Crippen LogP contribution in [-0.4, -0.2) is 35.2 Å². The highest BCUT2D eigenvalue weighted by molar-refractivity contribution is 4.77. The third kappa shape index (κ3) is 2.17. The van der Waals surface area contributed by atoms with E-state index in [4.69, 9.17) is 5.11 Å². The maximum atomic E-state index is 8.96. The molecule has 1 saturated heterocycles. The molecule has 0 aromatic rings. The van der Waals surface area contributed by atoms with E-state index in [-0.39, 0.29) is 0 Å². The van der Waals surface area contributed by atoms with Crippen LogP contribution in [0, 0.1) is 0 Å². The predicted molar refractivity (Wildman–Crippen MR) is 46.6 cm³/mol. The van der Waals surface area contributed by atoms with Crippen LogP contribution >= 0.6 is 0 Å². The van der Waals surface area contributed by atoms with Gasteiger partial charge in [0, 0.05) is 12.1 Å². The van der Waals surface area contributed by atoms with Crippen molar-refractivity contribution in [3.8, 4) is 0 Å². The molecule has 0 bridgehead atoms. The summed E-state index contributed by atoms with van der Waals surface area (Å²) < 4.78 is 0. The second kappa shape index (κ2) is 4.07. The zero-order valence-corrected chi connectivity index (χ0v) is 7.58. The van der Waals surface area contributed by atoms with E-state index in [0.717, 1.165) is 0 Å². The molecule has 1 N–H and O–H groups in total. The molecule has 1 aliphatic rings. The Labute approximate surface area is 69.2 Å². The molecule has 0 unspecified atom stereocenters. The molecule has 2 heteroatoms. The first kappa shape index (κ1) is 9.01. The van der Waals surface area contributed by atoms with Crippen LogP contribution < -0.4 is 0 Å². The van der Waals surface area contributed by atoms with Crippen molar-refractivity contribution in [1.82, 2.24) is 4.90 Å². The van der Waals surface area contributed by atoms with E-state index >= 15 is 0 Å². The molecule has 1 heterocycles. The van der Waals surface area contributed by atoms with E-state index in [9.17, 15) is 0 Å². The van der Waals surface area contributed by atoms with Gasteiger partial charge >= 0.3 is 0 Å². The lowest BCUT2D eigenvalue weighted by Crippen LogP contribution is -2.45. The summed E-state index contributed by atoms with van der Waals surface area (Å²) in [5.74, 6) is 0. The van der Waals surface area contributed by atoms with Gasteiger partial charge in [-0.15, -0.1) is 0 Å². The van der Waals surface area contributed by atoms with Gasteiger partial charge in [0.15, 0.2) is 0 Å². The number of hydrogen-bond donors (Lipinski definition) is 1. The minimum atomic E-state index is 0.296. The van der Waals surface area contributed by atoms with Gasteiger partial charge in [0.25, 0.3) is 0 Å². The third-order valence-electron chi connectivity index (χ3n) is 2.68. The number of aliphatic hydroxyl groups is 1. The maximum absolute atomic E-state index is 8.96. The first-order chi connectivity index (χ1) is 5.25. The molecule has 0 aromatic carbocycles. The standard InChI is InChI=1S/C9H19NO/c1-8-5-3-4-6-10(8)9(2)7-11/h8-9,11H,3-7H2,1-2H3/t8-,9+/m1/s1. The fraction of sp³-hybridized carbons (Fsp3) is 1.00. The Morgan fingerprint density at radius 2 is 2.27 bits per heavy atom. The van der Waals surface area contributed by atoms with Gasteiger partial charge < -0.3 is 5.11 Å². The zero-order valence-electron chi connectivity index (χ0n) is 7.58. The van der Waals surface area contributed by atoms with Crippen LogP contribution in [0.15, 0.2) is 0 Å². The number of hydrogen-bond acceptors (Lipinski definition) is 2. The summed E-state index contributed by atoms with van der Waals surface area (Å²) in [6.45, 7) is 5.82. The molecule has 1 fully saturated rings. The highest BCUT2D eigenvalue weighted by atomic mass is 16.3. The topological polar surface area (TPSA) is 23.5 Å². The fourth-order valence-electron chi connectivity index (χ4n) is 1.88. The molecule has 0 aromatic heterocycles. The van der Waals surface area contributed by atoms with E-state index < -0.39 is 0 Å². The van der Waals surface area contributed by atoms with Gasteiger partial charge in [0.05, 0.1) is 6.61 Å². The zero-order chi connectivity index (χ0) is 8.27. The Bertz CT molecular complexity index is 112. The molecular formula is C9H19NO. The average molecular weight is 157 g/mol. The maximum Gasteiger partial charge on any atom is 0.0584 e. The van der Waals surface area contributed by atoms with Crippen molar-refractivity contribution in [1.29, 1.82) is 0 Å². The van der Waals surface area contributed by atoms with Crippen molar-refractivity contribution in [3.63, 3.8) is 0 Å². The molecule has 1 aliphatic heterocycles. The van der Waals surface area contributed by atoms with Crippen molar-refractivity contribution in [2.45, 2.75) is 45.2 Å². The first-order valence-corrected chi connectivity index (χ1v) is 4.62. The second-order valence-corrected chi connectivity index (χ2v) is 3.61. The molecule has 1 rings (SSSR count). The predicted octanol–water partition coefficient (Wildman–Crippen LogP) is 1.24. The molecule has 0 radical (unpaired) electrons. The lowest BCUT2D eigenvalue weighted by Gasteiger charge is -2.37. The lowest BCUT2D eigenvalue weighted by atomic mass is 10.0. The third-order valence-corrected chi connectivity index (χ3v) is 2.68. The highest BCUT2D eigenvalue weighted by Gasteiger charge is 2.21. The quantitative estimate of drug-likeness (QED) is 0.652. The number of nitrogens with zero attached hydrogens (tertiary/aromatic N) is 1. The number of piperidine rings is 1. The van der Waals surface area contributed by atoms with Gasteiger partial charge in [0.2, 0.25) is 0 Å². The molecule has 2 atom stereocenters. The van der Waals surface area contributed by atoms with E-state index in [1.165, 1.54) is 25.8 Å². The van der Waals surface area contributed by atoms with Gasteiger partial charge in [-0.2, -0.15) is 0 Å². The molecule has 11 heavy (non-hydrogen) atoms. The Morgan fingerprint density at radius 3 is 2.82 bits per heavy atom. The van der Waals surface area contributed by atoms with Crippen molar-refractivity contribution in [2.24, 2.45) is 0 Å². The summed E-state index contributed by atoms with van der Waals surface area (Å²) in [6.07, 6.45) is 3.95. The molecule has 0 spiro atoms. The van der Waals surface area contributed by atoms with Gasteiger partial charge in [-0.3, -0.25) is 4.90 Å². The van der Waals surface area contributed by atoms with Crippen LogP contribution in [0.5, 0.6) is 0 Å². The summed E-state index contributed by atoms with van der Waals surface area (Å²) in [6, 6.07) is 1.02. The van der Waals surface area contributed by atoms with Crippen molar-refractivity contribution in [2.75, 3.05) is 13.2 Å². The summed E-state index contributed by atoms with van der Waals surface area (Å²) in [5.41, 5.74) is 0. The Kier molecular flexibility index (Phi) is 3.34. The van der Waals surface area contributed by atoms with Gasteiger partial charge in [0.1, 0.15) is 0 Å². The monoisotopic (exact) mass is 157 g/mol. The minimum absolute atomic E-state index is 0.296. The van der Waals surface area contributed by atoms with E-state index in [1.807, 2.05) is 0 Å². The fourth-order valence-corrected chi connectivity index (χ4v) is 1.88. The molecule has 0 saturated carbocycles. The normalized spacial score (nSPS) is 30.3. The van der Waals surface area contributed by atoms with E-state index in [2.05, 4.69) is 18.7 Å². The Morgan fingerprint density at radius 1 is 1.55 bits per heavy atom. The van der Waals surface area contributed by atoms with Gasteiger partial charge in [-0.1, -0.05) is 6.42 Å². The average Bonchev–Trinajstić information content (AvgIpc) is 2.04. The molecular weight excluding hydrogens is 138 g/mol. The number of rotatable bonds is 2. The lowest BCUT2D eigenvalue weighted by molar-refractivity contribution is 0.0745. The van der Waals surface area contributed by atoms with Crippen LogP contribution in [-0.2, 0) is 0 Å². The highest BCUT2D eigenvalue weighted by Crippen LogP contribution is 2.18. The van der Waals surface area contributed by atoms with Crippen molar-refractivity contribution in [3.05, 3.63) is 0 Å². The van der Waals surface area contributed by atoms with Crippen LogP contribution in [0.25, 0.3) is 0 Å². The Balaban J connectivity index is 2.40. The van der Waals surface area contributed by atoms with Gasteiger partial charge in [-0.25, -0.2) is 0 Å². The smallest absolute Gasteiger partial charge is 0.0584 e. The van der Waals surface area contributed by atoms with Crippen LogP contribution in [0.1, 0.15) is 33.1 Å². The largest absolute Gasteiger partial charge is 0.395 e. The van der Waals surface area contributed by atoms with Crippen molar-refractivity contribution >= 4 is 0 Å². The molecule has 2 nitrogen and oxygen atoms in total. The molecule has 0 amide bonds. The number of aliphatic hydroxyl groups excluding tert-OH is 1. The summed E-state index contributed by atoms with van der Waals surface area (Å²) in [7, 11) is 0. The SMILES string of the molecule is C[C@@H]1CCCCN1[C@@H](C)CO. The van der Waals surface area contributed by atoms with E-state index in [0.29, 0.717) is 18.7 Å². The molecule has 0 aliphatic carbocycles. The number of likely N-dealkylation sites (tertiary alicyclic amines) is 1. The summed E-state index contributed by atoms with van der Waals surface area (Å²) in [5, 5.41) is 8.96. The summed E-state index contributed by atoms with van der Waals surface area (Å²) >= 11 is 0. The second-order valence-electron chi connectivity index (χ2n) is 3.61. The molecule has 66 valence electrons. The van der Waals surface area contributed by atoms with Crippen LogP contribution in [0.3, 0.4) is 0 Å². The van der Waals surface area contributed by atoms with Crippen molar-refractivity contribution < 1.29 is 5.11 Å². The summed E-state index contributed by atoms with van der Waals surface area (Å²) in [4.78, 5) is 2.41. The van der Waals surface area contributed by atoms with Crippen LogP contribution in [0.4, 0.5) is 0 Å². The van der Waals surface area contributed by atoms with Gasteiger partial charge in [-0.05, 0) is 33.2 Å².